The van der Waals surface area contributed by atoms with Crippen molar-refractivity contribution in [2.24, 2.45) is 5.92 Å². The van der Waals surface area contributed by atoms with E-state index in [1.54, 1.807) is 6.07 Å². The Kier molecular flexibility index (Phi) is 4.06. The highest BCUT2D eigenvalue weighted by molar-refractivity contribution is 9.10. The van der Waals surface area contributed by atoms with Crippen LogP contribution in [0.5, 0.6) is 0 Å². The third kappa shape index (κ3) is 3.35. The van der Waals surface area contributed by atoms with Gasteiger partial charge in [-0.3, -0.25) is 4.79 Å². The molecule has 0 spiro atoms. The van der Waals surface area contributed by atoms with E-state index in [4.69, 9.17) is 5.73 Å². The van der Waals surface area contributed by atoms with Gasteiger partial charge < -0.3 is 16.4 Å². The topological polar surface area (TPSA) is 67.2 Å². The van der Waals surface area contributed by atoms with Gasteiger partial charge in [-0.1, -0.05) is 0 Å². The summed E-state index contributed by atoms with van der Waals surface area (Å²) in [6, 6.07) is 2.85. The minimum absolute atomic E-state index is 0.116. The van der Waals surface area contributed by atoms with Crippen LogP contribution in [0.25, 0.3) is 0 Å². The highest BCUT2D eigenvalue weighted by Crippen LogP contribution is 2.28. The predicted octanol–water partition coefficient (Wildman–Crippen LogP) is 2.11. The second-order valence-electron chi connectivity index (χ2n) is 4.35. The lowest BCUT2D eigenvalue weighted by Crippen LogP contribution is -2.29. The van der Waals surface area contributed by atoms with Crippen molar-refractivity contribution >= 4 is 33.2 Å². The molecule has 0 bridgehead atoms. The second-order valence-corrected chi connectivity index (χ2v) is 5.20. The summed E-state index contributed by atoms with van der Waals surface area (Å²) in [7, 11) is 0. The maximum absolute atomic E-state index is 13.1. The molecule has 1 aromatic carbocycles. The quantitative estimate of drug-likeness (QED) is 0.576. The van der Waals surface area contributed by atoms with Gasteiger partial charge in [0, 0.05) is 25.1 Å². The van der Waals surface area contributed by atoms with Crippen molar-refractivity contribution in [3.63, 3.8) is 0 Å². The van der Waals surface area contributed by atoms with Crippen LogP contribution in [0.15, 0.2) is 16.6 Å². The third-order valence-electron chi connectivity index (χ3n) is 2.78. The number of carbonyl (C=O) groups is 1. The Balaban J connectivity index is 1.79. The summed E-state index contributed by atoms with van der Waals surface area (Å²) < 4.78 is 13.5. The molecule has 2 rings (SSSR count). The monoisotopic (exact) mass is 315 g/mol. The fourth-order valence-electron chi connectivity index (χ4n) is 1.59. The van der Waals surface area contributed by atoms with Gasteiger partial charge >= 0.3 is 0 Å². The first-order valence-corrected chi connectivity index (χ1v) is 6.63. The largest absolute Gasteiger partial charge is 0.397 e. The first-order chi connectivity index (χ1) is 8.58. The number of nitrogens with two attached hydrogens (primary N) is 1. The number of nitrogens with one attached hydrogen (secondary N) is 2. The standard InChI is InChI=1S/C12H15BrFN3O/c13-8-5-11(10(15)6-9(8)14)16-3-4-17-12(18)7-1-2-7/h5-7,16H,1-4,15H2,(H,17,18). The van der Waals surface area contributed by atoms with E-state index in [9.17, 15) is 9.18 Å². The van der Waals surface area contributed by atoms with Crippen molar-refractivity contribution in [3.05, 3.63) is 22.4 Å². The highest BCUT2D eigenvalue weighted by Gasteiger charge is 2.28. The number of rotatable bonds is 5. The molecule has 0 saturated heterocycles. The lowest BCUT2D eigenvalue weighted by molar-refractivity contribution is -0.122. The Morgan fingerprint density at radius 2 is 2.17 bits per heavy atom. The molecule has 0 unspecified atom stereocenters. The van der Waals surface area contributed by atoms with Gasteiger partial charge in [0.1, 0.15) is 5.82 Å². The zero-order chi connectivity index (χ0) is 13.1. The minimum Gasteiger partial charge on any atom is -0.397 e. The molecule has 4 N–H and O–H groups in total. The molecule has 0 heterocycles. The molecule has 4 nitrogen and oxygen atoms in total. The van der Waals surface area contributed by atoms with Gasteiger partial charge in [0.2, 0.25) is 5.91 Å². The van der Waals surface area contributed by atoms with Crippen molar-refractivity contribution in [1.29, 1.82) is 0 Å². The predicted molar refractivity (Wildman–Crippen MR) is 72.7 cm³/mol. The van der Waals surface area contributed by atoms with Crippen molar-refractivity contribution in [1.82, 2.24) is 5.32 Å². The third-order valence-corrected chi connectivity index (χ3v) is 3.39. The zero-order valence-electron chi connectivity index (χ0n) is 9.80. The number of halogens is 2. The molecule has 0 aliphatic heterocycles. The number of hydrogen-bond acceptors (Lipinski definition) is 3. The average molecular weight is 316 g/mol. The van der Waals surface area contributed by atoms with Crippen molar-refractivity contribution < 1.29 is 9.18 Å². The summed E-state index contributed by atoms with van der Waals surface area (Å²) in [5, 5.41) is 5.89. The summed E-state index contributed by atoms with van der Waals surface area (Å²) in [4.78, 5) is 11.4. The van der Waals surface area contributed by atoms with Crippen LogP contribution in [-0.2, 0) is 4.79 Å². The summed E-state index contributed by atoms with van der Waals surface area (Å²) in [5.74, 6) is -0.0554. The molecule has 0 atom stereocenters. The number of carbonyl (C=O) groups excluding carboxylic acids is 1. The summed E-state index contributed by atoms with van der Waals surface area (Å²) in [6.45, 7) is 1.09. The Bertz CT molecular complexity index is 463. The van der Waals surface area contributed by atoms with E-state index in [1.165, 1.54) is 6.07 Å². The van der Waals surface area contributed by atoms with E-state index in [0.29, 0.717) is 28.9 Å². The van der Waals surface area contributed by atoms with Crippen LogP contribution in [-0.4, -0.2) is 19.0 Å². The van der Waals surface area contributed by atoms with Crippen LogP contribution in [0, 0.1) is 11.7 Å². The van der Waals surface area contributed by atoms with Gasteiger partial charge in [0.15, 0.2) is 0 Å². The molecule has 1 saturated carbocycles. The molecule has 1 fully saturated rings. The SMILES string of the molecule is Nc1cc(F)c(Br)cc1NCCNC(=O)C1CC1. The van der Waals surface area contributed by atoms with E-state index in [-0.39, 0.29) is 17.6 Å². The fourth-order valence-corrected chi connectivity index (χ4v) is 1.93. The van der Waals surface area contributed by atoms with E-state index in [2.05, 4.69) is 26.6 Å². The smallest absolute Gasteiger partial charge is 0.223 e. The van der Waals surface area contributed by atoms with Gasteiger partial charge in [0.05, 0.1) is 15.8 Å². The molecule has 1 aliphatic carbocycles. The van der Waals surface area contributed by atoms with Crippen LogP contribution in [0.2, 0.25) is 0 Å². The Labute approximate surface area is 113 Å². The fraction of sp³-hybridized carbons (Fsp3) is 0.417. The number of nitrogen functional groups attached to an aromatic ring is 1. The first kappa shape index (κ1) is 13.1. The molecular weight excluding hydrogens is 301 g/mol. The van der Waals surface area contributed by atoms with Crippen LogP contribution in [0.4, 0.5) is 15.8 Å². The van der Waals surface area contributed by atoms with Gasteiger partial charge in [-0.25, -0.2) is 4.39 Å². The number of amides is 1. The molecule has 1 aromatic rings. The molecule has 98 valence electrons. The Morgan fingerprint density at radius 3 is 2.83 bits per heavy atom. The van der Waals surface area contributed by atoms with E-state index in [0.717, 1.165) is 12.8 Å². The van der Waals surface area contributed by atoms with Gasteiger partial charge in [0.25, 0.3) is 0 Å². The summed E-state index contributed by atoms with van der Waals surface area (Å²) >= 11 is 3.10. The maximum Gasteiger partial charge on any atom is 0.223 e. The first-order valence-electron chi connectivity index (χ1n) is 5.84. The second kappa shape index (κ2) is 5.56. The summed E-state index contributed by atoms with van der Waals surface area (Å²) in [6.07, 6.45) is 1.99. The van der Waals surface area contributed by atoms with Crippen molar-refractivity contribution in [3.8, 4) is 0 Å². The normalized spacial score (nSPS) is 14.3. The number of benzene rings is 1. The van der Waals surface area contributed by atoms with Gasteiger partial charge in [-0.05, 0) is 34.8 Å². The lowest BCUT2D eigenvalue weighted by atomic mass is 10.2. The number of anilines is 2. The van der Waals surface area contributed by atoms with Crippen molar-refractivity contribution in [2.45, 2.75) is 12.8 Å². The number of hydrogen-bond donors (Lipinski definition) is 3. The highest BCUT2D eigenvalue weighted by atomic mass is 79.9. The Hall–Kier alpha value is -1.30. The van der Waals surface area contributed by atoms with Crippen molar-refractivity contribution in [2.75, 3.05) is 24.1 Å². The van der Waals surface area contributed by atoms with Gasteiger partial charge in [-0.15, -0.1) is 0 Å². The Morgan fingerprint density at radius 1 is 1.44 bits per heavy atom. The maximum atomic E-state index is 13.1. The molecule has 0 radical (unpaired) electrons. The van der Waals surface area contributed by atoms with Crippen LogP contribution in [0.3, 0.4) is 0 Å². The van der Waals surface area contributed by atoms with Crippen LogP contribution < -0.4 is 16.4 Å². The molecule has 1 amide bonds. The van der Waals surface area contributed by atoms with E-state index in [1.807, 2.05) is 0 Å². The summed E-state index contributed by atoms with van der Waals surface area (Å²) in [5.41, 5.74) is 6.69. The van der Waals surface area contributed by atoms with E-state index >= 15 is 0 Å². The van der Waals surface area contributed by atoms with Crippen LogP contribution >= 0.6 is 15.9 Å². The average Bonchev–Trinajstić information content (AvgIpc) is 3.14. The molecule has 0 aromatic heterocycles. The zero-order valence-corrected chi connectivity index (χ0v) is 11.4. The molecule has 1 aliphatic rings. The van der Waals surface area contributed by atoms with E-state index < -0.39 is 0 Å². The molecule has 18 heavy (non-hydrogen) atoms. The lowest BCUT2D eigenvalue weighted by Gasteiger charge is -2.11. The van der Waals surface area contributed by atoms with Gasteiger partial charge in [-0.2, -0.15) is 0 Å². The molecular formula is C12H15BrFN3O. The van der Waals surface area contributed by atoms with Crippen LogP contribution in [0.1, 0.15) is 12.8 Å². The minimum atomic E-state index is -0.389. The molecule has 6 heteroatoms.